The molecule has 0 aliphatic carbocycles. The number of benzene rings is 1. The third-order valence-electron chi connectivity index (χ3n) is 5.41. The molecule has 2 saturated heterocycles. The van der Waals surface area contributed by atoms with Gasteiger partial charge < -0.3 is 15.5 Å². The molecule has 3 heterocycles. The summed E-state index contributed by atoms with van der Waals surface area (Å²) >= 11 is 1.63. The summed E-state index contributed by atoms with van der Waals surface area (Å²) in [4.78, 5) is 19.0. The second-order valence-electron chi connectivity index (χ2n) is 7.19. The molecule has 0 spiro atoms. The van der Waals surface area contributed by atoms with Crippen molar-refractivity contribution in [1.29, 1.82) is 0 Å². The first-order valence-corrected chi connectivity index (χ1v) is 10.5. The second-order valence-corrected chi connectivity index (χ2v) is 7.91. The van der Waals surface area contributed by atoms with E-state index in [9.17, 15) is 4.79 Å². The smallest absolute Gasteiger partial charge is 0.237 e. The van der Waals surface area contributed by atoms with Crippen molar-refractivity contribution in [2.45, 2.75) is 44.2 Å². The lowest BCUT2D eigenvalue weighted by Gasteiger charge is -2.35. The molecule has 1 atom stereocenters. The first-order valence-electron chi connectivity index (χ1n) is 9.57. The summed E-state index contributed by atoms with van der Waals surface area (Å²) in [6.45, 7) is 2.86. The average molecular weight is 371 g/mol. The predicted octanol–water partition coefficient (Wildman–Crippen LogP) is 3.04. The topological polar surface area (TPSA) is 57.3 Å². The van der Waals surface area contributed by atoms with Crippen LogP contribution >= 0.6 is 11.3 Å². The van der Waals surface area contributed by atoms with Crippen LogP contribution in [0.5, 0.6) is 0 Å². The standard InChI is InChI=1S/C20H26N4OS/c25-20-18(6-1-2-9-21-20)23-16-7-10-24(11-8-16)17-5-3-4-15(12-17)19-13-26-14-22-19/h3-5,12-14,16,18,23H,1-2,6-11H2,(H,21,25)/t18-/m0/s1. The van der Waals surface area contributed by atoms with Crippen molar-refractivity contribution in [2.75, 3.05) is 24.5 Å². The summed E-state index contributed by atoms with van der Waals surface area (Å²) in [6, 6.07) is 9.08. The molecule has 1 aromatic heterocycles. The average Bonchev–Trinajstić information content (AvgIpc) is 3.15. The molecule has 2 fully saturated rings. The Hall–Kier alpha value is -1.92. The van der Waals surface area contributed by atoms with Gasteiger partial charge >= 0.3 is 0 Å². The number of rotatable bonds is 4. The van der Waals surface area contributed by atoms with Gasteiger partial charge in [-0.3, -0.25) is 4.79 Å². The van der Waals surface area contributed by atoms with Crippen molar-refractivity contribution < 1.29 is 4.79 Å². The molecular weight excluding hydrogens is 344 g/mol. The van der Waals surface area contributed by atoms with Gasteiger partial charge in [0, 0.05) is 42.3 Å². The summed E-state index contributed by atoms with van der Waals surface area (Å²) in [5.41, 5.74) is 5.37. The van der Waals surface area contributed by atoms with E-state index in [1.807, 2.05) is 5.51 Å². The monoisotopic (exact) mass is 370 g/mol. The summed E-state index contributed by atoms with van der Waals surface area (Å²) < 4.78 is 0. The van der Waals surface area contributed by atoms with E-state index in [0.717, 1.165) is 57.4 Å². The van der Waals surface area contributed by atoms with E-state index < -0.39 is 0 Å². The van der Waals surface area contributed by atoms with Crippen LogP contribution in [-0.2, 0) is 4.79 Å². The molecule has 138 valence electrons. The predicted molar refractivity (Wildman–Crippen MR) is 107 cm³/mol. The van der Waals surface area contributed by atoms with E-state index in [-0.39, 0.29) is 11.9 Å². The number of hydrogen-bond acceptors (Lipinski definition) is 5. The van der Waals surface area contributed by atoms with E-state index in [2.05, 4.69) is 50.2 Å². The van der Waals surface area contributed by atoms with Crippen LogP contribution in [0.1, 0.15) is 32.1 Å². The molecule has 2 N–H and O–H groups in total. The first-order chi connectivity index (χ1) is 12.8. The lowest BCUT2D eigenvalue weighted by Crippen LogP contribution is -2.51. The molecule has 2 aromatic rings. The van der Waals surface area contributed by atoms with E-state index in [1.165, 1.54) is 11.3 Å². The fourth-order valence-corrected chi connectivity index (χ4v) is 4.47. The molecule has 0 unspecified atom stereocenters. The van der Waals surface area contributed by atoms with Crippen LogP contribution in [0.25, 0.3) is 11.3 Å². The van der Waals surface area contributed by atoms with Crippen LogP contribution in [0.4, 0.5) is 5.69 Å². The molecule has 1 aromatic carbocycles. The van der Waals surface area contributed by atoms with Crippen LogP contribution in [0, 0.1) is 0 Å². The molecule has 4 rings (SSSR count). The van der Waals surface area contributed by atoms with Gasteiger partial charge in [-0.25, -0.2) is 4.98 Å². The number of carbonyl (C=O) groups is 1. The molecule has 2 aliphatic rings. The highest BCUT2D eigenvalue weighted by molar-refractivity contribution is 7.07. The molecule has 1 amide bonds. The van der Waals surface area contributed by atoms with Crippen LogP contribution < -0.4 is 15.5 Å². The number of aromatic nitrogens is 1. The molecule has 0 saturated carbocycles. The Bertz CT molecular complexity index is 725. The lowest BCUT2D eigenvalue weighted by atomic mass is 10.0. The van der Waals surface area contributed by atoms with Gasteiger partial charge in [0.25, 0.3) is 0 Å². The fourth-order valence-electron chi connectivity index (χ4n) is 3.90. The Kier molecular flexibility index (Phi) is 5.51. The van der Waals surface area contributed by atoms with Crippen molar-refractivity contribution in [3.8, 4) is 11.3 Å². The van der Waals surface area contributed by atoms with Gasteiger partial charge in [-0.05, 0) is 44.2 Å². The van der Waals surface area contributed by atoms with E-state index in [1.54, 1.807) is 11.3 Å². The Morgan fingerprint density at radius 2 is 2.08 bits per heavy atom. The van der Waals surface area contributed by atoms with Gasteiger partial charge in [-0.1, -0.05) is 12.1 Å². The van der Waals surface area contributed by atoms with Gasteiger partial charge in [0.05, 0.1) is 17.2 Å². The Morgan fingerprint density at radius 3 is 2.88 bits per heavy atom. The van der Waals surface area contributed by atoms with Crippen LogP contribution in [0.2, 0.25) is 0 Å². The number of carbonyl (C=O) groups excluding carboxylic acids is 1. The van der Waals surface area contributed by atoms with E-state index in [0.29, 0.717) is 6.04 Å². The summed E-state index contributed by atoms with van der Waals surface area (Å²) in [5, 5.41) is 8.72. The van der Waals surface area contributed by atoms with Gasteiger partial charge in [0.15, 0.2) is 0 Å². The maximum Gasteiger partial charge on any atom is 0.237 e. The molecule has 6 heteroatoms. The minimum atomic E-state index is -0.0120. The normalized spacial score (nSPS) is 22.1. The number of thiazole rings is 1. The molecule has 0 radical (unpaired) electrons. The van der Waals surface area contributed by atoms with Gasteiger partial charge in [-0.15, -0.1) is 11.3 Å². The van der Waals surface area contributed by atoms with Gasteiger partial charge in [-0.2, -0.15) is 0 Å². The number of piperidine rings is 1. The van der Waals surface area contributed by atoms with Gasteiger partial charge in [0.2, 0.25) is 5.91 Å². The van der Waals surface area contributed by atoms with Crippen molar-refractivity contribution >= 4 is 22.9 Å². The fraction of sp³-hybridized carbons (Fsp3) is 0.500. The third-order valence-corrected chi connectivity index (χ3v) is 5.99. The summed E-state index contributed by atoms with van der Waals surface area (Å²) in [6.07, 6.45) is 5.33. The quantitative estimate of drug-likeness (QED) is 0.869. The molecule has 5 nitrogen and oxygen atoms in total. The van der Waals surface area contributed by atoms with Crippen LogP contribution in [0.3, 0.4) is 0 Å². The number of nitrogens with zero attached hydrogens (tertiary/aromatic N) is 2. The largest absolute Gasteiger partial charge is 0.371 e. The molecule has 0 bridgehead atoms. The lowest BCUT2D eigenvalue weighted by molar-refractivity contribution is -0.123. The Labute approximate surface area is 158 Å². The highest BCUT2D eigenvalue weighted by Gasteiger charge is 2.26. The Morgan fingerprint density at radius 1 is 1.19 bits per heavy atom. The minimum absolute atomic E-state index is 0.0120. The molecule has 2 aliphatic heterocycles. The highest BCUT2D eigenvalue weighted by atomic mass is 32.1. The first kappa shape index (κ1) is 17.5. The second kappa shape index (κ2) is 8.18. The van der Waals surface area contributed by atoms with Crippen LogP contribution in [0.15, 0.2) is 35.2 Å². The number of anilines is 1. The van der Waals surface area contributed by atoms with Crippen molar-refractivity contribution in [2.24, 2.45) is 0 Å². The number of nitrogens with one attached hydrogen (secondary N) is 2. The zero-order valence-corrected chi connectivity index (χ0v) is 15.8. The minimum Gasteiger partial charge on any atom is -0.371 e. The molecular formula is C20H26N4OS. The Balaban J connectivity index is 1.35. The summed E-state index contributed by atoms with van der Waals surface area (Å²) in [5.74, 6) is 0.181. The van der Waals surface area contributed by atoms with Crippen LogP contribution in [-0.4, -0.2) is 42.6 Å². The van der Waals surface area contributed by atoms with Crippen molar-refractivity contribution in [1.82, 2.24) is 15.6 Å². The highest BCUT2D eigenvalue weighted by Crippen LogP contribution is 2.26. The number of hydrogen-bond donors (Lipinski definition) is 2. The maximum atomic E-state index is 12.1. The SMILES string of the molecule is O=C1NCCCC[C@@H]1NC1CCN(c2cccc(-c3cscn3)c2)CC1. The third kappa shape index (κ3) is 4.07. The van der Waals surface area contributed by atoms with E-state index in [4.69, 9.17) is 0 Å². The zero-order valence-electron chi connectivity index (χ0n) is 15.0. The van der Waals surface area contributed by atoms with Gasteiger partial charge in [0.1, 0.15) is 0 Å². The number of amides is 1. The maximum absolute atomic E-state index is 12.1. The van der Waals surface area contributed by atoms with Crippen molar-refractivity contribution in [3.05, 3.63) is 35.2 Å². The van der Waals surface area contributed by atoms with E-state index >= 15 is 0 Å². The van der Waals surface area contributed by atoms with Crippen molar-refractivity contribution in [3.63, 3.8) is 0 Å². The molecule has 26 heavy (non-hydrogen) atoms. The summed E-state index contributed by atoms with van der Waals surface area (Å²) in [7, 11) is 0. The zero-order chi connectivity index (χ0) is 17.8.